The van der Waals surface area contributed by atoms with Crippen LogP contribution in [-0.2, 0) is 0 Å². The van der Waals surface area contributed by atoms with Gasteiger partial charge in [0.25, 0.3) is 0 Å². The van der Waals surface area contributed by atoms with Crippen LogP contribution in [-0.4, -0.2) is 9.38 Å². The highest BCUT2D eigenvalue weighted by molar-refractivity contribution is 6.14. The minimum atomic E-state index is -0.388. The molecule has 0 N–H and O–H groups in total. The number of nitrogens with zero attached hydrogens (tertiary/aromatic N) is 2. The predicted molar refractivity (Wildman–Crippen MR) is 113 cm³/mol. The van der Waals surface area contributed by atoms with E-state index in [4.69, 9.17) is 11.8 Å². The second-order valence-electron chi connectivity index (χ2n) is 6.54. The first-order valence-corrected chi connectivity index (χ1v) is 8.76. The Bertz CT molecular complexity index is 1710. The molecule has 0 radical (unpaired) electrons. The maximum absolute atomic E-state index is 8.36. The van der Waals surface area contributed by atoms with Crippen LogP contribution in [0.5, 0.6) is 0 Å². The van der Waals surface area contributed by atoms with E-state index in [2.05, 4.69) is 10.5 Å². The molecule has 0 aliphatic heterocycles. The van der Waals surface area contributed by atoms with Gasteiger partial charge in [0.1, 0.15) is 5.65 Å². The number of benzene rings is 4. The Labute approximate surface area is 163 Å². The van der Waals surface area contributed by atoms with E-state index in [1.807, 2.05) is 60.7 Å². The Balaban J connectivity index is 1.78. The van der Waals surface area contributed by atoms with Crippen LogP contribution in [0.1, 0.15) is 6.85 Å². The van der Waals surface area contributed by atoms with Crippen molar-refractivity contribution in [1.29, 1.82) is 0 Å². The van der Waals surface area contributed by atoms with Crippen LogP contribution in [0.2, 0.25) is 0 Å². The third-order valence-electron chi connectivity index (χ3n) is 5.05. The molecular formula is C25H16N2. The minimum absolute atomic E-state index is 0.202. The average molecular weight is 349 g/mol. The summed E-state index contributed by atoms with van der Waals surface area (Å²) >= 11 is 0. The normalized spacial score (nSPS) is 14.3. The molecule has 0 aliphatic rings. The number of imidazole rings is 1. The van der Waals surface area contributed by atoms with E-state index in [1.54, 1.807) is 0 Å². The van der Waals surface area contributed by atoms with Gasteiger partial charge in [-0.3, -0.25) is 4.40 Å². The summed E-state index contributed by atoms with van der Waals surface area (Å²) in [6, 6.07) is 20.2. The van der Waals surface area contributed by atoms with Gasteiger partial charge in [-0.15, -0.1) is 0 Å². The van der Waals surface area contributed by atoms with E-state index >= 15 is 0 Å². The quantitative estimate of drug-likeness (QED) is 0.311. The zero-order valence-electron chi connectivity index (χ0n) is 19.2. The van der Waals surface area contributed by atoms with Crippen molar-refractivity contribution in [2.45, 2.75) is 0 Å². The molecule has 0 unspecified atom stereocenters. The predicted octanol–water partition coefficient (Wildman–Crippen LogP) is 6.46. The number of hydrogen-bond acceptors (Lipinski definition) is 1. The van der Waals surface area contributed by atoms with Crippen molar-refractivity contribution in [3.05, 3.63) is 96.9 Å². The first-order chi connectivity index (χ1) is 15.5. The van der Waals surface area contributed by atoms with Crippen molar-refractivity contribution in [2.24, 2.45) is 0 Å². The summed E-state index contributed by atoms with van der Waals surface area (Å²) in [5.41, 5.74) is 4.54. The fraction of sp³-hybridized carbons (Fsp3) is 0. The van der Waals surface area contributed by atoms with E-state index in [-0.39, 0.29) is 35.8 Å². The van der Waals surface area contributed by atoms with Crippen molar-refractivity contribution >= 4 is 38.4 Å². The summed E-state index contributed by atoms with van der Waals surface area (Å²) in [6.45, 7) is 0. The van der Waals surface area contributed by atoms with Gasteiger partial charge in [-0.2, -0.15) is 0 Å². The molecule has 0 aliphatic carbocycles. The van der Waals surface area contributed by atoms with E-state index < -0.39 is 0 Å². The Morgan fingerprint density at radius 2 is 1.44 bits per heavy atom. The molecule has 0 saturated carbocycles. The number of fused-ring (bicyclic) bond motifs is 8. The number of pyridine rings is 1. The van der Waals surface area contributed by atoms with Crippen LogP contribution in [0.15, 0.2) is 96.9 Å². The van der Waals surface area contributed by atoms with Crippen LogP contribution >= 0.6 is 0 Å². The highest BCUT2D eigenvalue weighted by Gasteiger charge is 2.13. The van der Waals surface area contributed by atoms with Crippen LogP contribution in [0.4, 0.5) is 0 Å². The first kappa shape index (κ1) is 10.5. The average Bonchev–Trinajstić information content (AvgIpc) is 3.22. The van der Waals surface area contributed by atoms with Crippen LogP contribution in [0.3, 0.4) is 0 Å². The molecule has 27 heavy (non-hydrogen) atoms. The molecule has 126 valence electrons. The molecule has 2 heteroatoms. The number of hydrogen-bond donors (Lipinski definition) is 0. The Kier molecular flexibility index (Phi) is 2.11. The lowest BCUT2D eigenvalue weighted by Gasteiger charge is -2.10. The van der Waals surface area contributed by atoms with Gasteiger partial charge < -0.3 is 0 Å². The summed E-state index contributed by atoms with van der Waals surface area (Å²) < 4.78 is 42.8. The molecule has 2 nitrogen and oxygen atoms in total. The van der Waals surface area contributed by atoms with E-state index in [1.165, 1.54) is 0 Å². The van der Waals surface area contributed by atoms with Crippen molar-refractivity contribution < 1.29 is 6.85 Å². The SMILES string of the molecule is [2H]c1c([2H])c([2H])c(-c2ccc3c(c2)c2ccccc2n2c4ccccc4nc32)c([2H])c1[2H]. The monoisotopic (exact) mass is 349 g/mol. The Hall–Kier alpha value is -3.65. The molecule has 4 aromatic carbocycles. The van der Waals surface area contributed by atoms with Crippen LogP contribution in [0.25, 0.3) is 49.5 Å². The fourth-order valence-electron chi connectivity index (χ4n) is 3.86. The van der Waals surface area contributed by atoms with Crippen molar-refractivity contribution in [3.63, 3.8) is 0 Å². The fourth-order valence-corrected chi connectivity index (χ4v) is 3.86. The van der Waals surface area contributed by atoms with Crippen molar-refractivity contribution in [1.82, 2.24) is 9.38 Å². The largest absolute Gasteiger partial charge is 0.292 e. The van der Waals surface area contributed by atoms with Crippen molar-refractivity contribution in [3.8, 4) is 11.1 Å². The molecule has 6 rings (SSSR count). The number of para-hydroxylation sites is 3. The van der Waals surface area contributed by atoms with Gasteiger partial charge >= 0.3 is 0 Å². The lowest BCUT2D eigenvalue weighted by molar-refractivity contribution is 1.31. The molecule has 0 amide bonds. The van der Waals surface area contributed by atoms with Gasteiger partial charge in [0, 0.05) is 10.8 Å². The molecule has 0 bridgehead atoms. The number of rotatable bonds is 1. The van der Waals surface area contributed by atoms with Gasteiger partial charge in [0.15, 0.2) is 0 Å². The van der Waals surface area contributed by atoms with Gasteiger partial charge in [0.05, 0.1) is 23.4 Å². The van der Waals surface area contributed by atoms with Crippen LogP contribution in [0, 0.1) is 0 Å². The smallest absolute Gasteiger partial charge is 0.146 e. The molecule has 0 atom stereocenters. The van der Waals surface area contributed by atoms with E-state index in [0.717, 1.165) is 38.4 Å². The zero-order chi connectivity index (χ0) is 22.1. The van der Waals surface area contributed by atoms with E-state index in [0.29, 0.717) is 5.56 Å². The van der Waals surface area contributed by atoms with Gasteiger partial charge in [0.2, 0.25) is 0 Å². The third-order valence-corrected chi connectivity index (χ3v) is 5.05. The zero-order valence-corrected chi connectivity index (χ0v) is 14.2. The topological polar surface area (TPSA) is 17.3 Å². The lowest BCUT2D eigenvalue weighted by atomic mass is 9.99. The second-order valence-corrected chi connectivity index (χ2v) is 6.54. The highest BCUT2D eigenvalue weighted by Crippen LogP contribution is 2.34. The highest BCUT2D eigenvalue weighted by atomic mass is 15.0. The first-order valence-electron chi connectivity index (χ1n) is 11.3. The third kappa shape index (κ3) is 2.04. The molecule has 0 fully saturated rings. The summed E-state index contributed by atoms with van der Waals surface area (Å²) in [5.74, 6) is 0. The van der Waals surface area contributed by atoms with Gasteiger partial charge in [-0.25, -0.2) is 4.98 Å². The lowest BCUT2D eigenvalue weighted by Crippen LogP contribution is -1.91. The van der Waals surface area contributed by atoms with Gasteiger partial charge in [-0.1, -0.05) is 66.6 Å². The summed E-state index contributed by atoms with van der Waals surface area (Å²) in [6.07, 6.45) is 0. The number of aromatic nitrogens is 2. The maximum Gasteiger partial charge on any atom is 0.146 e. The summed E-state index contributed by atoms with van der Waals surface area (Å²) in [4.78, 5) is 4.87. The van der Waals surface area contributed by atoms with E-state index in [9.17, 15) is 0 Å². The molecule has 2 heterocycles. The molecule has 6 aromatic rings. The standard InChI is InChI=1S/C25H16N2/c1-2-8-17(9-3-1)18-14-15-20-21(16-18)19-10-4-6-12-23(19)27-24-13-7-5-11-22(24)26-25(20)27/h1-16H/i1D,2D,3D,8D,9D. The Morgan fingerprint density at radius 1 is 0.667 bits per heavy atom. The molecule has 0 saturated heterocycles. The van der Waals surface area contributed by atoms with Gasteiger partial charge in [-0.05, 0) is 46.8 Å². The Morgan fingerprint density at radius 3 is 2.33 bits per heavy atom. The van der Waals surface area contributed by atoms with Crippen molar-refractivity contribution in [2.75, 3.05) is 0 Å². The maximum atomic E-state index is 8.36. The summed E-state index contributed by atoms with van der Waals surface area (Å²) in [7, 11) is 0. The minimum Gasteiger partial charge on any atom is -0.292 e. The second kappa shape index (κ2) is 5.42. The molecule has 0 spiro atoms. The molecule has 2 aromatic heterocycles. The summed E-state index contributed by atoms with van der Waals surface area (Å²) in [5, 5.41) is 2.87. The van der Waals surface area contributed by atoms with Crippen LogP contribution < -0.4 is 0 Å². The molecular weight excluding hydrogens is 328 g/mol.